The molecular weight excluding hydrogens is 458 g/mol. The van der Waals surface area contributed by atoms with Gasteiger partial charge in [0.15, 0.2) is 0 Å². The predicted octanol–water partition coefficient (Wildman–Crippen LogP) is 6.59. The van der Waals surface area contributed by atoms with Crippen molar-refractivity contribution in [2.75, 3.05) is 5.32 Å². The van der Waals surface area contributed by atoms with Gasteiger partial charge in [0, 0.05) is 34.6 Å². The van der Waals surface area contributed by atoms with Crippen LogP contribution in [0.25, 0.3) is 22.0 Å². The zero-order chi connectivity index (χ0) is 25.4. The molecule has 1 heterocycles. The van der Waals surface area contributed by atoms with Crippen molar-refractivity contribution in [2.45, 2.75) is 51.7 Å². The number of hydrogen-bond acceptors (Lipinski definition) is 4. The van der Waals surface area contributed by atoms with E-state index >= 15 is 0 Å². The summed E-state index contributed by atoms with van der Waals surface area (Å²) in [6, 6.07) is 16.5. The summed E-state index contributed by atoms with van der Waals surface area (Å²) in [4.78, 5) is 23.6. The van der Waals surface area contributed by atoms with E-state index in [-0.39, 0.29) is 35.4 Å². The molecule has 0 radical (unpaired) electrons. The molecule has 1 aliphatic carbocycles. The fourth-order valence-corrected chi connectivity index (χ4v) is 4.29. The first-order valence-corrected chi connectivity index (χ1v) is 12.1. The van der Waals surface area contributed by atoms with Gasteiger partial charge in [0.25, 0.3) is 5.91 Å². The summed E-state index contributed by atoms with van der Waals surface area (Å²) in [5.41, 5.74) is 3.04. The molecule has 0 unspecified atom stereocenters. The minimum Gasteiger partial charge on any atom is -0.365 e. The van der Waals surface area contributed by atoms with Crippen LogP contribution in [0.4, 0.5) is 14.6 Å². The number of carbonyl (C=O) groups is 1. The number of aromatic nitrogens is 2. The van der Waals surface area contributed by atoms with E-state index < -0.39 is 5.82 Å². The largest absolute Gasteiger partial charge is 0.365 e. The van der Waals surface area contributed by atoms with Crippen LogP contribution in [-0.4, -0.2) is 32.4 Å². The molecule has 0 aliphatic heterocycles. The third-order valence-corrected chi connectivity index (χ3v) is 6.17. The third kappa shape index (κ3) is 5.20. The van der Waals surface area contributed by atoms with E-state index in [2.05, 4.69) is 36.1 Å². The quantitative estimate of drug-likeness (QED) is 0.334. The Balaban J connectivity index is 1.48. The zero-order valence-corrected chi connectivity index (χ0v) is 20.6. The number of amides is 1. The highest BCUT2D eigenvalue weighted by Gasteiger charge is 2.33. The maximum absolute atomic E-state index is 14.9. The van der Waals surface area contributed by atoms with Crippen molar-refractivity contribution < 1.29 is 13.6 Å². The van der Waals surface area contributed by atoms with Crippen LogP contribution in [-0.2, 0) is 6.54 Å². The summed E-state index contributed by atoms with van der Waals surface area (Å²) >= 11 is 0. The van der Waals surface area contributed by atoms with E-state index in [1.54, 1.807) is 23.1 Å². The Bertz CT molecular complexity index is 1440. The lowest BCUT2D eigenvalue weighted by atomic mass is 10.00. The van der Waals surface area contributed by atoms with Crippen LogP contribution in [0.1, 0.15) is 49.5 Å². The van der Waals surface area contributed by atoms with Crippen molar-refractivity contribution >= 4 is 22.6 Å². The number of halogens is 2. The monoisotopic (exact) mass is 486 g/mol. The number of hydrogen-bond donors (Lipinski definition) is 1. The number of nitrogens with one attached hydrogen (secondary N) is 1. The van der Waals surface area contributed by atoms with Crippen LogP contribution in [0, 0.1) is 11.6 Å². The molecule has 1 fully saturated rings. The number of rotatable bonds is 6. The van der Waals surface area contributed by atoms with E-state index in [0.29, 0.717) is 5.56 Å². The third-order valence-electron chi connectivity index (χ3n) is 6.17. The summed E-state index contributed by atoms with van der Waals surface area (Å²) < 4.78 is 28.7. The Morgan fingerprint density at radius 2 is 1.75 bits per heavy atom. The smallest absolute Gasteiger partial charge is 0.254 e. The highest BCUT2D eigenvalue weighted by atomic mass is 19.1. The molecule has 1 N–H and O–H groups in total. The van der Waals surface area contributed by atoms with Crippen molar-refractivity contribution in [2.24, 2.45) is 0 Å². The van der Waals surface area contributed by atoms with Gasteiger partial charge in [0.2, 0.25) is 0 Å². The van der Waals surface area contributed by atoms with Gasteiger partial charge in [-0.3, -0.25) is 4.79 Å². The first-order chi connectivity index (χ1) is 17.2. The Hall–Kier alpha value is -3.87. The molecule has 5 rings (SSSR count). The Morgan fingerprint density at radius 1 is 1.00 bits per heavy atom. The van der Waals surface area contributed by atoms with Crippen molar-refractivity contribution in [1.82, 2.24) is 14.9 Å². The number of nitrogens with zero attached hydrogens (tertiary/aromatic N) is 3. The highest BCUT2D eigenvalue weighted by Crippen LogP contribution is 2.33. The summed E-state index contributed by atoms with van der Waals surface area (Å²) in [6.45, 7) is 6.31. The van der Waals surface area contributed by atoms with Gasteiger partial charge >= 0.3 is 0 Å². The van der Waals surface area contributed by atoms with Gasteiger partial charge < -0.3 is 10.2 Å². The first-order valence-electron chi connectivity index (χ1n) is 12.1. The van der Waals surface area contributed by atoms with E-state index in [1.807, 2.05) is 18.2 Å². The number of fused-ring (bicyclic) bond motifs is 1. The number of carbonyl (C=O) groups excluding carboxylic acids is 1. The van der Waals surface area contributed by atoms with E-state index in [1.165, 1.54) is 30.6 Å². The van der Waals surface area contributed by atoms with Crippen LogP contribution in [0.5, 0.6) is 0 Å². The predicted molar refractivity (Wildman–Crippen MR) is 138 cm³/mol. The summed E-state index contributed by atoms with van der Waals surface area (Å²) in [5, 5.41) is 4.29. The topological polar surface area (TPSA) is 58.1 Å². The molecule has 3 aromatic carbocycles. The fourth-order valence-electron chi connectivity index (χ4n) is 4.29. The molecule has 1 saturated carbocycles. The fraction of sp³-hybridized carbons (Fsp3) is 0.276. The molecule has 0 spiro atoms. The Kier molecular flexibility index (Phi) is 6.16. The van der Waals surface area contributed by atoms with Crippen LogP contribution < -0.4 is 5.32 Å². The molecular formula is C29H28F2N4O. The molecule has 0 saturated heterocycles. The van der Waals surface area contributed by atoms with E-state index in [9.17, 15) is 13.6 Å². The van der Waals surface area contributed by atoms with Crippen LogP contribution in [0.15, 0.2) is 67.0 Å². The maximum Gasteiger partial charge on any atom is 0.254 e. The molecule has 184 valence electrons. The van der Waals surface area contributed by atoms with Gasteiger partial charge in [0.1, 0.15) is 23.8 Å². The molecule has 0 bridgehead atoms. The average Bonchev–Trinajstić information content (AvgIpc) is 3.67. The summed E-state index contributed by atoms with van der Waals surface area (Å²) in [7, 11) is 0. The van der Waals surface area contributed by atoms with Gasteiger partial charge in [0.05, 0.1) is 5.52 Å². The summed E-state index contributed by atoms with van der Waals surface area (Å²) in [5.74, 6) is -0.402. The molecule has 5 nitrogen and oxygen atoms in total. The lowest BCUT2D eigenvalue weighted by Crippen LogP contribution is -2.33. The van der Waals surface area contributed by atoms with Crippen molar-refractivity contribution in [1.29, 1.82) is 0 Å². The number of anilines is 1. The van der Waals surface area contributed by atoms with Crippen molar-refractivity contribution in [3.05, 3.63) is 89.8 Å². The molecule has 1 amide bonds. The second-order valence-corrected chi connectivity index (χ2v) is 10.3. The molecule has 4 aromatic rings. The van der Waals surface area contributed by atoms with Crippen molar-refractivity contribution in [3.63, 3.8) is 0 Å². The molecule has 7 heteroatoms. The Labute approximate surface area is 209 Å². The first kappa shape index (κ1) is 23.9. The SMILES string of the molecule is CC(C)(C)Nc1ncnc2ccc(-c3ccc(F)c(CN(C(=O)c4cccc(F)c4)C4CC4)c3)cc12. The maximum atomic E-state index is 14.9. The highest BCUT2D eigenvalue weighted by molar-refractivity contribution is 5.95. The molecule has 1 aromatic heterocycles. The molecule has 1 aliphatic rings. The van der Waals surface area contributed by atoms with Gasteiger partial charge in [-0.1, -0.05) is 18.2 Å². The minimum absolute atomic E-state index is 0.0349. The number of benzene rings is 3. The van der Waals surface area contributed by atoms with Gasteiger partial charge in [-0.15, -0.1) is 0 Å². The van der Waals surface area contributed by atoms with Crippen LogP contribution in [0.2, 0.25) is 0 Å². The molecule has 36 heavy (non-hydrogen) atoms. The second-order valence-electron chi connectivity index (χ2n) is 10.3. The Morgan fingerprint density at radius 3 is 2.47 bits per heavy atom. The van der Waals surface area contributed by atoms with Crippen LogP contribution >= 0.6 is 0 Å². The van der Waals surface area contributed by atoms with Crippen molar-refractivity contribution in [3.8, 4) is 11.1 Å². The molecule has 0 atom stereocenters. The van der Waals surface area contributed by atoms with Gasteiger partial charge in [-0.2, -0.15) is 0 Å². The van der Waals surface area contributed by atoms with E-state index in [0.717, 1.165) is 40.7 Å². The van der Waals surface area contributed by atoms with Crippen LogP contribution in [0.3, 0.4) is 0 Å². The lowest BCUT2D eigenvalue weighted by molar-refractivity contribution is 0.0728. The standard InChI is InChI=1S/C29H28F2N4O/c1-29(2,3)34-27-24-15-19(8-12-26(24)32-17-33-27)18-7-11-25(31)21(13-18)16-35(23-9-10-23)28(36)20-5-4-6-22(30)14-20/h4-8,11-15,17,23H,9-10,16H2,1-3H3,(H,32,33,34). The average molecular weight is 487 g/mol. The van der Waals surface area contributed by atoms with Gasteiger partial charge in [-0.25, -0.2) is 18.7 Å². The lowest BCUT2D eigenvalue weighted by Gasteiger charge is -2.23. The normalized spacial score (nSPS) is 13.6. The summed E-state index contributed by atoms with van der Waals surface area (Å²) in [6.07, 6.45) is 3.25. The second kappa shape index (κ2) is 9.30. The van der Waals surface area contributed by atoms with Gasteiger partial charge in [-0.05, 0) is 87.2 Å². The van der Waals surface area contributed by atoms with E-state index in [4.69, 9.17) is 0 Å². The minimum atomic E-state index is -0.467. The zero-order valence-electron chi connectivity index (χ0n) is 20.6.